The van der Waals surface area contributed by atoms with Crippen molar-refractivity contribution in [2.24, 2.45) is 0 Å². The Morgan fingerprint density at radius 1 is 1.00 bits per heavy atom. The molecule has 0 bridgehead atoms. The minimum atomic E-state index is -0.986. The van der Waals surface area contributed by atoms with E-state index in [9.17, 15) is 9.90 Å². The van der Waals surface area contributed by atoms with Gasteiger partial charge in [-0.25, -0.2) is 14.5 Å². The Hall–Kier alpha value is -3.96. The summed E-state index contributed by atoms with van der Waals surface area (Å²) in [6.07, 6.45) is 3.62. The highest BCUT2D eigenvalue weighted by molar-refractivity contribution is 6.31. The largest absolute Gasteiger partial charge is 0.478 e. The number of carboxylic acids is 1. The molecule has 33 heavy (non-hydrogen) atoms. The average Bonchev–Trinajstić information content (AvgIpc) is 3.09. The van der Waals surface area contributed by atoms with E-state index in [0.29, 0.717) is 28.3 Å². The second-order valence-electron chi connectivity index (χ2n) is 7.84. The van der Waals surface area contributed by atoms with Gasteiger partial charge in [0.15, 0.2) is 0 Å². The standard InChI is InChI=1S/C27H20ClN3O2/c1-17-21(14-13-20-15-24(27(32)33)23-11-4-5-12-25(23)29-20)26(28)31(30-17)16-19-9-6-8-18-7-2-3-10-22(18)19/h2-15H,16H2,1H3,(H,32,33). The van der Waals surface area contributed by atoms with Crippen LogP contribution in [0, 0.1) is 6.92 Å². The van der Waals surface area contributed by atoms with Crippen molar-refractivity contribution in [3.8, 4) is 0 Å². The third kappa shape index (κ3) is 3.99. The van der Waals surface area contributed by atoms with E-state index in [1.165, 1.54) is 10.8 Å². The van der Waals surface area contributed by atoms with E-state index < -0.39 is 5.97 Å². The van der Waals surface area contributed by atoms with Gasteiger partial charge in [-0.1, -0.05) is 72.3 Å². The van der Waals surface area contributed by atoms with Crippen molar-refractivity contribution in [1.82, 2.24) is 14.8 Å². The Bertz CT molecular complexity index is 1550. The van der Waals surface area contributed by atoms with E-state index >= 15 is 0 Å². The number of pyridine rings is 1. The topological polar surface area (TPSA) is 68.0 Å². The second kappa shape index (κ2) is 8.52. The lowest BCUT2D eigenvalue weighted by atomic mass is 10.0. The summed E-state index contributed by atoms with van der Waals surface area (Å²) in [7, 11) is 0. The van der Waals surface area contributed by atoms with Crippen LogP contribution in [0.25, 0.3) is 33.8 Å². The molecule has 6 heteroatoms. The van der Waals surface area contributed by atoms with Crippen molar-refractivity contribution in [2.75, 3.05) is 0 Å². The van der Waals surface area contributed by atoms with E-state index in [1.807, 2.05) is 37.3 Å². The number of hydrogen-bond donors (Lipinski definition) is 1. The number of hydrogen-bond acceptors (Lipinski definition) is 3. The van der Waals surface area contributed by atoms with Crippen molar-refractivity contribution < 1.29 is 9.90 Å². The Labute approximate surface area is 195 Å². The van der Waals surface area contributed by atoms with Crippen LogP contribution in [-0.4, -0.2) is 25.8 Å². The molecule has 162 valence electrons. The maximum Gasteiger partial charge on any atom is 0.336 e. The summed E-state index contributed by atoms with van der Waals surface area (Å²) in [4.78, 5) is 16.3. The Morgan fingerprint density at radius 2 is 1.73 bits per heavy atom. The predicted molar refractivity (Wildman–Crippen MR) is 133 cm³/mol. The molecule has 0 unspecified atom stereocenters. The first kappa shape index (κ1) is 20.9. The summed E-state index contributed by atoms with van der Waals surface area (Å²) in [6, 6.07) is 23.2. The van der Waals surface area contributed by atoms with Crippen LogP contribution in [0.3, 0.4) is 0 Å². The molecule has 0 aliphatic rings. The molecule has 0 radical (unpaired) electrons. The van der Waals surface area contributed by atoms with Crippen LogP contribution in [0.4, 0.5) is 0 Å². The zero-order valence-corrected chi connectivity index (χ0v) is 18.6. The molecule has 5 nitrogen and oxygen atoms in total. The van der Waals surface area contributed by atoms with Crippen LogP contribution in [0.2, 0.25) is 5.15 Å². The minimum absolute atomic E-state index is 0.217. The van der Waals surface area contributed by atoms with Crippen LogP contribution >= 0.6 is 11.6 Å². The van der Waals surface area contributed by atoms with Crippen molar-refractivity contribution in [3.63, 3.8) is 0 Å². The molecule has 2 aromatic heterocycles. The molecule has 3 aromatic carbocycles. The number of benzene rings is 3. The molecule has 0 saturated heterocycles. The lowest BCUT2D eigenvalue weighted by Gasteiger charge is -2.08. The van der Waals surface area contributed by atoms with Gasteiger partial charge in [0.05, 0.1) is 29.0 Å². The van der Waals surface area contributed by atoms with E-state index in [2.05, 4.69) is 34.3 Å². The maximum absolute atomic E-state index is 11.7. The van der Waals surface area contributed by atoms with Gasteiger partial charge in [-0.3, -0.25) is 0 Å². The maximum atomic E-state index is 11.7. The highest BCUT2D eigenvalue weighted by Crippen LogP contribution is 2.26. The molecule has 0 fully saturated rings. The number of carbonyl (C=O) groups is 1. The van der Waals surface area contributed by atoms with E-state index in [0.717, 1.165) is 16.8 Å². The lowest BCUT2D eigenvalue weighted by Crippen LogP contribution is -2.02. The van der Waals surface area contributed by atoms with Gasteiger partial charge in [0.25, 0.3) is 0 Å². The molecule has 5 aromatic rings. The molecule has 5 rings (SSSR count). The number of para-hydroxylation sites is 1. The number of aromatic nitrogens is 3. The fraction of sp³-hybridized carbons (Fsp3) is 0.0741. The Kier molecular flexibility index (Phi) is 5.40. The van der Waals surface area contributed by atoms with Crippen molar-refractivity contribution >= 4 is 51.4 Å². The number of rotatable bonds is 5. The highest BCUT2D eigenvalue weighted by Gasteiger charge is 2.14. The zero-order chi connectivity index (χ0) is 22.9. The monoisotopic (exact) mass is 453 g/mol. The van der Waals surface area contributed by atoms with E-state index in [-0.39, 0.29) is 5.56 Å². The summed E-state index contributed by atoms with van der Waals surface area (Å²) >= 11 is 6.71. The molecule has 0 amide bonds. The van der Waals surface area contributed by atoms with Crippen molar-refractivity contribution in [2.45, 2.75) is 13.5 Å². The first-order valence-electron chi connectivity index (χ1n) is 10.5. The van der Waals surface area contributed by atoms with E-state index in [4.69, 9.17) is 11.6 Å². The van der Waals surface area contributed by atoms with Gasteiger partial charge >= 0.3 is 5.97 Å². The first-order valence-corrected chi connectivity index (χ1v) is 10.9. The number of nitrogens with zero attached hydrogens (tertiary/aromatic N) is 3. The summed E-state index contributed by atoms with van der Waals surface area (Å²) in [5.41, 5.74) is 4.10. The number of aromatic carboxylic acids is 1. The highest BCUT2D eigenvalue weighted by atomic mass is 35.5. The van der Waals surface area contributed by atoms with Crippen LogP contribution in [0.1, 0.15) is 32.9 Å². The molecule has 0 saturated carbocycles. The van der Waals surface area contributed by atoms with Crippen molar-refractivity contribution in [1.29, 1.82) is 0 Å². The fourth-order valence-electron chi connectivity index (χ4n) is 4.08. The molecular weight excluding hydrogens is 434 g/mol. The number of fused-ring (bicyclic) bond motifs is 2. The normalized spacial score (nSPS) is 11.6. The molecule has 0 atom stereocenters. The SMILES string of the molecule is Cc1nn(Cc2cccc3ccccc23)c(Cl)c1C=Cc1cc(C(=O)O)c2ccccc2n1. The predicted octanol–water partition coefficient (Wildman–Crippen LogP) is 6.46. The third-order valence-corrected chi connectivity index (χ3v) is 6.10. The van der Waals surface area contributed by atoms with Crippen LogP contribution in [-0.2, 0) is 6.54 Å². The summed E-state index contributed by atoms with van der Waals surface area (Å²) < 4.78 is 1.79. The summed E-state index contributed by atoms with van der Waals surface area (Å²) in [5.74, 6) is -0.986. The number of halogens is 1. The lowest BCUT2D eigenvalue weighted by molar-refractivity contribution is 0.0699. The van der Waals surface area contributed by atoms with Gasteiger partial charge < -0.3 is 5.11 Å². The molecule has 0 aliphatic heterocycles. The van der Waals surface area contributed by atoms with Crippen LogP contribution in [0.15, 0.2) is 72.8 Å². The molecule has 0 aliphatic carbocycles. The molecule has 2 heterocycles. The summed E-state index contributed by atoms with van der Waals surface area (Å²) in [6.45, 7) is 2.45. The fourth-order valence-corrected chi connectivity index (χ4v) is 4.38. The van der Waals surface area contributed by atoms with Gasteiger partial charge in [0, 0.05) is 10.9 Å². The zero-order valence-electron chi connectivity index (χ0n) is 17.9. The smallest absolute Gasteiger partial charge is 0.336 e. The molecule has 1 N–H and O–H groups in total. The summed E-state index contributed by atoms with van der Waals surface area (Å²) in [5, 5.41) is 17.7. The van der Waals surface area contributed by atoms with Crippen LogP contribution in [0.5, 0.6) is 0 Å². The van der Waals surface area contributed by atoms with Crippen molar-refractivity contribution in [3.05, 3.63) is 106 Å². The first-order chi connectivity index (χ1) is 16.0. The van der Waals surface area contributed by atoms with Gasteiger partial charge in [-0.05, 0) is 47.5 Å². The molecule has 0 spiro atoms. The minimum Gasteiger partial charge on any atom is -0.478 e. The van der Waals surface area contributed by atoms with Gasteiger partial charge in [0.1, 0.15) is 5.15 Å². The average molecular weight is 454 g/mol. The van der Waals surface area contributed by atoms with Gasteiger partial charge in [0.2, 0.25) is 0 Å². The van der Waals surface area contributed by atoms with Crippen LogP contribution < -0.4 is 0 Å². The molecular formula is C27H20ClN3O2. The van der Waals surface area contributed by atoms with Gasteiger partial charge in [-0.15, -0.1) is 0 Å². The van der Waals surface area contributed by atoms with Gasteiger partial charge in [-0.2, -0.15) is 5.10 Å². The quantitative estimate of drug-likeness (QED) is 0.331. The number of carboxylic acid groups (broad SMARTS) is 1. The number of aryl methyl sites for hydroxylation is 1. The Morgan fingerprint density at radius 3 is 2.55 bits per heavy atom. The third-order valence-electron chi connectivity index (χ3n) is 5.70. The van der Waals surface area contributed by atoms with E-state index in [1.54, 1.807) is 35.0 Å². The second-order valence-corrected chi connectivity index (χ2v) is 8.19. The Balaban J connectivity index is 1.50.